The molecule has 0 aliphatic rings. The quantitative estimate of drug-likeness (QED) is 0.795. The van der Waals surface area contributed by atoms with E-state index in [0.717, 1.165) is 0 Å². The zero-order valence-corrected chi connectivity index (χ0v) is 12.1. The molecule has 0 bridgehead atoms. The number of nitrogens with two attached hydrogens (primary N) is 1. The van der Waals surface area contributed by atoms with Crippen LogP contribution in [-0.2, 0) is 10.0 Å². The van der Waals surface area contributed by atoms with Crippen LogP contribution in [0, 0.1) is 11.3 Å². The summed E-state index contributed by atoms with van der Waals surface area (Å²) < 4.78 is 26.8. The van der Waals surface area contributed by atoms with Crippen LogP contribution in [0.4, 0.5) is 16.2 Å². The van der Waals surface area contributed by atoms with E-state index in [0.29, 0.717) is 16.9 Å². The molecule has 0 unspecified atom stereocenters. The van der Waals surface area contributed by atoms with Crippen molar-refractivity contribution in [2.45, 2.75) is 4.90 Å². The first-order chi connectivity index (χ1) is 10.4. The zero-order valence-electron chi connectivity index (χ0n) is 11.3. The van der Waals surface area contributed by atoms with Crippen molar-refractivity contribution in [2.24, 2.45) is 5.73 Å². The summed E-state index contributed by atoms with van der Waals surface area (Å²) in [6, 6.07) is 12.8. The van der Waals surface area contributed by atoms with Gasteiger partial charge in [-0.15, -0.1) is 0 Å². The monoisotopic (exact) mass is 316 g/mol. The lowest BCUT2D eigenvalue weighted by Gasteiger charge is -2.09. The van der Waals surface area contributed by atoms with E-state index < -0.39 is 16.1 Å². The average Bonchev–Trinajstić information content (AvgIpc) is 2.48. The number of carbonyl (C=O) groups excluding carboxylic acids is 1. The molecule has 22 heavy (non-hydrogen) atoms. The van der Waals surface area contributed by atoms with Gasteiger partial charge in [-0.3, -0.25) is 4.72 Å². The minimum atomic E-state index is -3.75. The first kappa shape index (κ1) is 15.3. The van der Waals surface area contributed by atoms with Crippen LogP contribution in [-0.4, -0.2) is 14.4 Å². The number of primary amides is 1. The minimum absolute atomic E-state index is 0.0471. The van der Waals surface area contributed by atoms with Crippen LogP contribution in [0.1, 0.15) is 5.56 Å². The van der Waals surface area contributed by atoms with Crippen LogP contribution in [0.2, 0.25) is 0 Å². The van der Waals surface area contributed by atoms with Gasteiger partial charge in [0.25, 0.3) is 10.0 Å². The number of amides is 2. The lowest BCUT2D eigenvalue weighted by molar-refractivity contribution is 0.259. The van der Waals surface area contributed by atoms with Crippen molar-refractivity contribution in [3.05, 3.63) is 54.1 Å². The second-order valence-corrected chi connectivity index (χ2v) is 5.99. The van der Waals surface area contributed by atoms with Gasteiger partial charge in [0.2, 0.25) is 0 Å². The lowest BCUT2D eigenvalue weighted by atomic mass is 10.2. The number of rotatable bonds is 4. The van der Waals surface area contributed by atoms with Gasteiger partial charge in [-0.25, -0.2) is 13.2 Å². The number of nitriles is 1. The lowest BCUT2D eigenvalue weighted by Crippen LogP contribution is -2.19. The van der Waals surface area contributed by atoms with E-state index in [2.05, 4.69) is 10.0 Å². The maximum absolute atomic E-state index is 12.2. The number of nitrogens with one attached hydrogen (secondary N) is 2. The molecule has 2 aromatic carbocycles. The molecule has 2 amide bonds. The van der Waals surface area contributed by atoms with Crippen molar-refractivity contribution in [3.63, 3.8) is 0 Å². The fourth-order valence-electron chi connectivity index (χ4n) is 1.69. The van der Waals surface area contributed by atoms with Crippen molar-refractivity contribution < 1.29 is 13.2 Å². The number of anilines is 2. The third-order valence-electron chi connectivity index (χ3n) is 2.70. The Kier molecular flexibility index (Phi) is 4.29. The molecule has 7 nitrogen and oxygen atoms in total. The summed E-state index contributed by atoms with van der Waals surface area (Å²) in [5.41, 5.74) is 6.14. The highest BCUT2D eigenvalue weighted by molar-refractivity contribution is 7.92. The highest BCUT2D eigenvalue weighted by Gasteiger charge is 2.14. The van der Waals surface area contributed by atoms with Crippen molar-refractivity contribution in [1.29, 1.82) is 5.26 Å². The molecule has 4 N–H and O–H groups in total. The Hall–Kier alpha value is -3.05. The summed E-state index contributed by atoms with van der Waals surface area (Å²) in [5.74, 6) is 0. The molecule has 0 heterocycles. The highest BCUT2D eigenvalue weighted by Crippen LogP contribution is 2.18. The summed E-state index contributed by atoms with van der Waals surface area (Å²) in [6.07, 6.45) is 0. The van der Waals surface area contributed by atoms with Gasteiger partial charge in [-0.1, -0.05) is 0 Å². The van der Waals surface area contributed by atoms with E-state index >= 15 is 0 Å². The fraction of sp³-hybridized carbons (Fsp3) is 0. The van der Waals surface area contributed by atoms with E-state index in [1.165, 1.54) is 48.5 Å². The molecule has 0 saturated carbocycles. The molecule has 0 aliphatic carbocycles. The molecule has 0 aliphatic heterocycles. The maximum Gasteiger partial charge on any atom is 0.316 e. The van der Waals surface area contributed by atoms with E-state index in [1.807, 2.05) is 6.07 Å². The Labute approximate surface area is 127 Å². The Bertz CT molecular complexity index is 822. The van der Waals surface area contributed by atoms with Crippen molar-refractivity contribution in [2.75, 3.05) is 10.0 Å². The predicted octanol–water partition coefficient (Wildman–Crippen LogP) is 1.85. The number of urea groups is 1. The predicted molar refractivity (Wildman–Crippen MR) is 81.6 cm³/mol. The normalized spacial score (nSPS) is 10.5. The van der Waals surface area contributed by atoms with E-state index in [9.17, 15) is 13.2 Å². The summed E-state index contributed by atoms with van der Waals surface area (Å²) >= 11 is 0. The molecule has 0 spiro atoms. The second-order valence-electron chi connectivity index (χ2n) is 4.31. The summed E-state index contributed by atoms with van der Waals surface area (Å²) in [7, 11) is -3.75. The van der Waals surface area contributed by atoms with Gasteiger partial charge < -0.3 is 11.1 Å². The third-order valence-corrected chi connectivity index (χ3v) is 4.10. The Morgan fingerprint density at radius 1 is 1.00 bits per heavy atom. The number of nitrogens with zero attached hydrogens (tertiary/aromatic N) is 1. The minimum Gasteiger partial charge on any atom is -0.351 e. The van der Waals surface area contributed by atoms with Crippen LogP contribution in [0.25, 0.3) is 0 Å². The van der Waals surface area contributed by atoms with Crippen molar-refractivity contribution >= 4 is 27.4 Å². The summed E-state index contributed by atoms with van der Waals surface area (Å²) in [6.45, 7) is 0. The largest absolute Gasteiger partial charge is 0.351 e. The van der Waals surface area contributed by atoms with Crippen LogP contribution >= 0.6 is 0 Å². The van der Waals surface area contributed by atoms with Crippen LogP contribution in [0.15, 0.2) is 53.4 Å². The van der Waals surface area contributed by atoms with Gasteiger partial charge in [-0.2, -0.15) is 5.26 Å². The van der Waals surface area contributed by atoms with Crippen LogP contribution in [0.3, 0.4) is 0 Å². The van der Waals surface area contributed by atoms with Gasteiger partial charge in [0.1, 0.15) is 0 Å². The molecule has 2 aromatic rings. The van der Waals surface area contributed by atoms with Crippen molar-refractivity contribution in [1.82, 2.24) is 0 Å². The standard InChI is InChI=1S/C14H12N4O3S/c15-9-10-1-7-13(8-2-10)22(20,21)18-12-5-3-11(4-6-12)17-14(16)19/h1-8,18H,(H3,16,17,19). The summed E-state index contributed by atoms with van der Waals surface area (Å²) in [5, 5.41) is 11.1. The Morgan fingerprint density at radius 2 is 1.55 bits per heavy atom. The van der Waals surface area contributed by atoms with Gasteiger partial charge in [0.05, 0.1) is 16.5 Å². The van der Waals surface area contributed by atoms with Gasteiger partial charge in [0, 0.05) is 11.4 Å². The first-order valence-corrected chi connectivity index (χ1v) is 7.58. The molecule has 0 fully saturated rings. The number of carbonyl (C=O) groups is 1. The van der Waals surface area contributed by atoms with Gasteiger partial charge in [0.15, 0.2) is 0 Å². The van der Waals surface area contributed by atoms with Crippen LogP contribution < -0.4 is 15.8 Å². The summed E-state index contributed by atoms with van der Waals surface area (Å²) in [4.78, 5) is 10.7. The molecule has 0 atom stereocenters. The first-order valence-electron chi connectivity index (χ1n) is 6.10. The fourth-order valence-corrected chi connectivity index (χ4v) is 2.75. The molecule has 8 heteroatoms. The highest BCUT2D eigenvalue weighted by atomic mass is 32.2. The number of sulfonamides is 1. The maximum atomic E-state index is 12.2. The smallest absolute Gasteiger partial charge is 0.316 e. The number of benzene rings is 2. The van der Waals surface area contributed by atoms with E-state index in [-0.39, 0.29) is 4.90 Å². The van der Waals surface area contributed by atoms with Gasteiger partial charge >= 0.3 is 6.03 Å². The Morgan fingerprint density at radius 3 is 2.05 bits per heavy atom. The average molecular weight is 316 g/mol. The van der Waals surface area contributed by atoms with Gasteiger partial charge in [-0.05, 0) is 48.5 Å². The molecule has 0 aromatic heterocycles. The molecular weight excluding hydrogens is 304 g/mol. The zero-order chi connectivity index (χ0) is 16.2. The second kappa shape index (κ2) is 6.15. The number of hydrogen-bond acceptors (Lipinski definition) is 4. The molecule has 0 radical (unpaired) electrons. The van der Waals surface area contributed by atoms with Crippen LogP contribution in [0.5, 0.6) is 0 Å². The third kappa shape index (κ3) is 3.74. The topological polar surface area (TPSA) is 125 Å². The SMILES string of the molecule is N#Cc1ccc(S(=O)(=O)Nc2ccc(NC(N)=O)cc2)cc1. The molecular formula is C14H12N4O3S. The molecule has 0 saturated heterocycles. The van der Waals surface area contributed by atoms with Crippen molar-refractivity contribution in [3.8, 4) is 6.07 Å². The number of hydrogen-bond donors (Lipinski definition) is 3. The Balaban J connectivity index is 2.17. The molecule has 2 rings (SSSR count). The van der Waals surface area contributed by atoms with E-state index in [4.69, 9.17) is 11.0 Å². The molecule has 112 valence electrons. The van der Waals surface area contributed by atoms with E-state index in [1.54, 1.807) is 0 Å².